The zero-order chi connectivity index (χ0) is 96.3. The Hall–Kier alpha value is -4.68. The summed E-state index contributed by atoms with van der Waals surface area (Å²) >= 11 is 30.9. The maximum absolute atomic E-state index is 11.9. The van der Waals surface area contributed by atoms with Crippen molar-refractivity contribution in [2.24, 2.45) is 0 Å². The van der Waals surface area contributed by atoms with Crippen LogP contribution in [-0.4, -0.2) is 268 Å². The molecule has 6 rings (SSSR count). The topological polar surface area (TPSA) is 249 Å². The molecule has 6 aromatic rings. The zero-order valence-electron chi connectivity index (χ0n) is 83.5. The molecule has 0 saturated carbocycles. The van der Waals surface area contributed by atoms with Gasteiger partial charge in [0, 0.05) is 112 Å². The summed E-state index contributed by atoms with van der Waals surface area (Å²) in [4.78, 5) is 84.4. The van der Waals surface area contributed by atoms with Gasteiger partial charge in [-0.05, 0) is 139 Å². The molecule has 6 N–H and O–H groups in total. The number of nitrogens with one attached hydrogen (secondary N) is 6. The molecule has 0 heterocycles. The fourth-order valence-electron chi connectivity index (χ4n) is 13.9. The van der Waals surface area contributed by atoms with Gasteiger partial charge in [0.15, 0.2) is 0 Å². The van der Waals surface area contributed by atoms with Crippen LogP contribution in [0, 0.1) is 27.1 Å². The first-order chi connectivity index (χ1) is 58.8. The third kappa shape index (κ3) is 41.2. The fraction of sp³-hybridized carbons (Fsp3) is 0.750. The van der Waals surface area contributed by atoms with E-state index < -0.39 is 0 Å². The second kappa shape index (κ2) is 59.8. The quantitative estimate of drug-likeness (QED) is 0.0153. The highest BCUT2D eigenvalue weighted by Crippen LogP contribution is 2.36. The van der Waals surface area contributed by atoms with Crippen molar-refractivity contribution in [3.63, 3.8) is 0 Å². The van der Waals surface area contributed by atoms with Crippen molar-refractivity contribution in [2.75, 3.05) is 270 Å². The predicted molar refractivity (Wildman–Crippen MR) is 550 cm³/mol. The van der Waals surface area contributed by atoms with Gasteiger partial charge in [-0.1, -0.05) is 253 Å². The van der Waals surface area contributed by atoms with E-state index in [1.165, 1.54) is 19.3 Å². The van der Waals surface area contributed by atoms with Crippen LogP contribution in [0.25, 0.3) is 0 Å². The number of hydrogen-bond acceptors (Lipinski definition) is 30. The average molecular weight is 1870 g/mol. The van der Waals surface area contributed by atoms with Crippen molar-refractivity contribution < 1.29 is 28.4 Å². The minimum atomic E-state index is -0.0883. The summed E-state index contributed by atoms with van der Waals surface area (Å²) in [5.74, 6) is 0. The molecule has 0 saturated heterocycles. The molecule has 0 radical (unpaired) electrons. The van der Waals surface area contributed by atoms with E-state index >= 15 is 0 Å². The lowest BCUT2D eigenvalue weighted by Gasteiger charge is -2.25. The lowest BCUT2D eigenvalue weighted by atomic mass is 9.83. The molecule has 0 spiro atoms. The normalized spacial score (nSPS) is 12.3. The van der Waals surface area contributed by atoms with Crippen molar-refractivity contribution >= 4 is 107 Å². The van der Waals surface area contributed by atoms with E-state index in [-0.39, 0.29) is 65.1 Å². The molecule has 24 nitrogen and oxygen atoms in total. The van der Waals surface area contributed by atoms with Crippen LogP contribution < -0.4 is 64.5 Å². The van der Waals surface area contributed by atoms with Gasteiger partial charge in [-0.3, -0.25) is 28.8 Å². The van der Waals surface area contributed by atoms with Crippen LogP contribution in [0.5, 0.6) is 0 Å². The van der Waals surface area contributed by atoms with Crippen molar-refractivity contribution in [3.8, 4) is 0 Å². The van der Waals surface area contributed by atoms with E-state index in [2.05, 4.69) is 255 Å². The Bertz CT molecular complexity index is 4540. The van der Waals surface area contributed by atoms with E-state index in [9.17, 15) is 28.8 Å². The Morgan fingerprint density at radius 2 is 0.421 bits per heavy atom. The summed E-state index contributed by atoms with van der Waals surface area (Å²) in [5.41, 5.74) is 9.25. The number of nitrogens with zero attached hydrogens (tertiary/aromatic N) is 6. The smallest absolute Gasteiger partial charge is 0.220 e. The molecule has 0 amide bonds. The van der Waals surface area contributed by atoms with Crippen LogP contribution in [-0.2, 0) is 60.9 Å². The molecular weight excluding hydrogens is 1710 g/mol. The van der Waals surface area contributed by atoms with Crippen molar-refractivity contribution in [3.05, 3.63) is 122 Å². The molecule has 0 fully saturated rings. The maximum Gasteiger partial charge on any atom is 0.220 e. The zero-order valence-corrected chi connectivity index (χ0v) is 88.4. The highest BCUT2D eigenvalue weighted by molar-refractivity contribution is 7.72. The van der Waals surface area contributed by atoms with Crippen molar-refractivity contribution in [1.29, 1.82) is 0 Å². The second-order valence-electron chi connectivity index (χ2n) is 38.5. The van der Waals surface area contributed by atoms with Gasteiger partial charge < -0.3 is 89.7 Å². The van der Waals surface area contributed by atoms with Gasteiger partial charge in [-0.15, -0.1) is 0 Å². The summed E-state index contributed by atoms with van der Waals surface area (Å²) in [6.45, 7) is 80.7. The van der Waals surface area contributed by atoms with Gasteiger partial charge in [0.2, 0.25) is 32.6 Å². The molecule has 0 aliphatic heterocycles. The highest BCUT2D eigenvalue weighted by atomic mass is 32.1. The summed E-state index contributed by atoms with van der Waals surface area (Å²) in [6, 6.07) is 0. The molecule has 0 aromatic heterocycles. The summed E-state index contributed by atoms with van der Waals surface area (Å²) in [5, 5.41) is 19.0. The largest absolute Gasteiger partial charge is 0.379 e. The van der Waals surface area contributed by atoms with Crippen LogP contribution in [0.4, 0.5) is 34.1 Å². The molecule has 30 heteroatoms. The van der Waals surface area contributed by atoms with E-state index in [1.54, 1.807) is 0 Å². The summed E-state index contributed by atoms with van der Waals surface area (Å²) in [7, 11) is 8.18. The lowest BCUT2D eigenvalue weighted by Crippen LogP contribution is -2.31. The SMILES string of the molecule is CCCN(C)CCOCCNc1c(C(C)(C)C)c(=S)c1=O.CCCN(CC)CCOCCNc1c(C(C)(C)C)c(=S)c1=O.CCCN(CCC)CCOCCNc1c(C(C)(C)C)c(=S)c1=O.CCN(C)CCOCCNc1c(C(C)(C)C)c(=S)c1=O.CCN(CC)CCOCCNc1c(C(C)(C)C)c(=S)c1=O.CN(C)CCOCCNc1c(C(C)(C)C)c(=S)c1=O. The van der Waals surface area contributed by atoms with Crippen LogP contribution in [0.15, 0.2) is 28.8 Å². The molecular formula is C96H168N12O12S6. The van der Waals surface area contributed by atoms with E-state index in [0.717, 1.165) is 158 Å². The van der Waals surface area contributed by atoms with Gasteiger partial charge in [0.05, 0.1) is 140 Å². The molecule has 0 unspecified atom stereocenters. The number of rotatable bonds is 54. The first kappa shape index (κ1) is 119. The van der Waals surface area contributed by atoms with Gasteiger partial charge in [-0.2, -0.15) is 0 Å². The Kier molecular flexibility index (Phi) is 56.6. The third-order valence-electron chi connectivity index (χ3n) is 20.9. The molecule has 0 aliphatic rings. The Morgan fingerprint density at radius 1 is 0.230 bits per heavy atom. The van der Waals surface area contributed by atoms with Crippen LogP contribution in [0.3, 0.4) is 0 Å². The Balaban J connectivity index is 0.000000757. The summed E-state index contributed by atoms with van der Waals surface area (Å²) in [6.07, 6.45) is 4.67. The van der Waals surface area contributed by atoms with Crippen molar-refractivity contribution in [2.45, 2.75) is 238 Å². The van der Waals surface area contributed by atoms with Gasteiger partial charge in [0.1, 0.15) is 0 Å². The van der Waals surface area contributed by atoms with E-state index in [4.69, 9.17) is 102 Å². The Labute approximate surface area is 790 Å². The minimum absolute atomic E-state index is 0.0259. The van der Waals surface area contributed by atoms with Crippen LogP contribution in [0.2, 0.25) is 0 Å². The lowest BCUT2D eigenvalue weighted by molar-refractivity contribution is 0.111. The average Bonchev–Trinajstić information content (AvgIpc) is 0.791. The number of ether oxygens (including phenoxy) is 6. The monoisotopic (exact) mass is 1870 g/mol. The molecule has 0 aliphatic carbocycles. The number of hydrogen-bond donors (Lipinski definition) is 6. The predicted octanol–water partition coefficient (Wildman–Crippen LogP) is 16.3. The highest BCUT2D eigenvalue weighted by Gasteiger charge is 2.33. The van der Waals surface area contributed by atoms with Gasteiger partial charge >= 0.3 is 0 Å². The van der Waals surface area contributed by atoms with Gasteiger partial charge in [0.25, 0.3) is 0 Å². The molecule has 0 bridgehead atoms. The molecule has 0 atom stereocenters. The third-order valence-corrected chi connectivity index (χ3v) is 23.3. The fourth-order valence-corrected chi connectivity index (χ4v) is 17.0. The molecule has 6 aromatic carbocycles. The van der Waals surface area contributed by atoms with Crippen molar-refractivity contribution in [1.82, 2.24) is 29.4 Å². The first-order valence-corrected chi connectivity index (χ1v) is 48.4. The standard InChI is InChI=1S/C18H32N2O2S.C17H30N2O2S.2C16H28N2O2S.C15H26N2O2S.C14H24N2O2S/c1-6-9-20(10-7-2)11-13-22-12-8-19-15-14(18(3,4)5)17(23)16(15)21;1-6-9-19(7-2)10-12-21-11-8-18-14-13(17(3,4)5)16(22)15(14)20;1-6-8-18(5)9-11-20-10-7-17-13-12(16(2,3)4)15(21)14(13)19;1-6-18(7-2)9-11-20-10-8-17-13-12(16(3,4)5)15(21)14(13)19;1-6-17(5)8-10-19-9-7-16-12-11(15(2,3)4)14(20)13(12)18;1-14(2,3)10-11(12(17)13(10)19)15-6-8-18-9-7-16(4)5/h19H,6-13H2,1-5H3;18H,6-12H2,1-5H3;2*17H,6-11H2,1-5H3;16H,6-10H2,1-5H3;15H,6-9H2,1-5H3. The Morgan fingerprint density at radius 3 is 0.619 bits per heavy atom. The first-order valence-electron chi connectivity index (χ1n) is 45.9. The minimum Gasteiger partial charge on any atom is -0.379 e. The van der Waals surface area contributed by atoms with Gasteiger partial charge in [-0.25, -0.2) is 0 Å². The molecule has 126 heavy (non-hydrogen) atoms. The number of likely N-dealkylation sites (N-methyl/N-ethyl adjacent to an activating group) is 5. The number of anilines is 6. The van der Waals surface area contributed by atoms with Crippen LogP contribution in [0.1, 0.15) is 239 Å². The molecule has 720 valence electrons. The maximum atomic E-state index is 11.9. The van der Waals surface area contributed by atoms with E-state index in [0.29, 0.717) is 153 Å². The summed E-state index contributed by atoms with van der Waals surface area (Å²) < 4.78 is 36.4. The second-order valence-corrected chi connectivity index (χ2v) is 40.9. The van der Waals surface area contributed by atoms with E-state index in [1.807, 2.05) is 14.1 Å². The van der Waals surface area contributed by atoms with Crippen LogP contribution >= 0.6 is 73.3 Å².